The number of carbonyl (C=O) groups excluding carboxylic acids is 1. The molecule has 2 atom stereocenters. The van der Waals surface area contributed by atoms with Crippen LogP contribution in [0.4, 0.5) is 17.6 Å². The SMILES string of the molecule is CO[C@@H]1C[C@@H](CO)N(C(=O)c2cc(F)cc(C(F)(F)F)c2)C1. The van der Waals surface area contributed by atoms with Crippen LogP contribution in [0, 0.1) is 5.82 Å². The molecule has 0 unspecified atom stereocenters. The summed E-state index contributed by atoms with van der Waals surface area (Å²) in [4.78, 5) is 13.5. The van der Waals surface area contributed by atoms with Gasteiger partial charge >= 0.3 is 6.18 Å². The number of rotatable bonds is 3. The number of likely N-dealkylation sites (tertiary alicyclic amines) is 1. The molecule has 0 aromatic heterocycles. The molecule has 0 aliphatic carbocycles. The maximum Gasteiger partial charge on any atom is 0.416 e. The van der Waals surface area contributed by atoms with Crippen LogP contribution in [0.2, 0.25) is 0 Å². The monoisotopic (exact) mass is 321 g/mol. The second-order valence-corrected chi connectivity index (χ2v) is 5.11. The van der Waals surface area contributed by atoms with Crippen molar-refractivity contribution in [3.63, 3.8) is 0 Å². The van der Waals surface area contributed by atoms with E-state index in [0.29, 0.717) is 18.6 Å². The van der Waals surface area contributed by atoms with Crippen LogP contribution in [0.5, 0.6) is 0 Å². The van der Waals surface area contributed by atoms with Crippen LogP contribution in [0.3, 0.4) is 0 Å². The van der Waals surface area contributed by atoms with Crippen LogP contribution in [-0.2, 0) is 10.9 Å². The molecule has 0 saturated carbocycles. The molecule has 1 aliphatic heterocycles. The smallest absolute Gasteiger partial charge is 0.394 e. The Kier molecular flexibility index (Phi) is 4.72. The van der Waals surface area contributed by atoms with E-state index in [-0.39, 0.29) is 19.3 Å². The normalized spacial score (nSPS) is 22.2. The van der Waals surface area contributed by atoms with E-state index in [1.165, 1.54) is 12.0 Å². The van der Waals surface area contributed by atoms with Gasteiger partial charge in [0.1, 0.15) is 5.82 Å². The second-order valence-electron chi connectivity index (χ2n) is 5.11. The number of aliphatic hydroxyl groups excluding tert-OH is 1. The highest BCUT2D eigenvalue weighted by Gasteiger charge is 2.37. The number of carbonyl (C=O) groups is 1. The minimum Gasteiger partial charge on any atom is -0.394 e. The van der Waals surface area contributed by atoms with Crippen LogP contribution in [0.15, 0.2) is 18.2 Å². The van der Waals surface area contributed by atoms with Crippen molar-refractivity contribution in [1.29, 1.82) is 0 Å². The minimum absolute atomic E-state index is 0.137. The van der Waals surface area contributed by atoms with Crippen molar-refractivity contribution >= 4 is 5.91 Å². The summed E-state index contributed by atoms with van der Waals surface area (Å²) in [6.07, 6.45) is -4.68. The van der Waals surface area contributed by atoms with Gasteiger partial charge in [0.25, 0.3) is 5.91 Å². The third kappa shape index (κ3) is 3.38. The van der Waals surface area contributed by atoms with E-state index in [4.69, 9.17) is 4.74 Å². The van der Waals surface area contributed by atoms with Crippen LogP contribution >= 0.6 is 0 Å². The summed E-state index contributed by atoms with van der Waals surface area (Å²) < 4.78 is 56.6. The van der Waals surface area contributed by atoms with E-state index in [0.717, 1.165) is 6.07 Å². The number of ether oxygens (including phenoxy) is 1. The Hall–Kier alpha value is -1.67. The number of hydrogen-bond donors (Lipinski definition) is 1. The van der Waals surface area contributed by atoms with Gasteiger partial charge in [-0.2, -0.15) is 13.2 Å². The predicted molar refractivity (Wildman–Crippen MR) is 68.7 cm³/mol. The van der Waals surface area contributed by atoms with Gasteiger partial charge in [-0.05, 0) is 24.6 Å². The summed E-state index contributed by atoms with van der Waals surface area (Å²) in [7, 11) is 1.44. The van der Waals surface area contributed by atoms with Gasteiger partial charge in [0.05, 0.1) is 24.3 Å². The molecule has 1 aliphatic rings. The second kappa shape index (κ2) is 6.21. The molecule has 4 nitrogen and oxygen atoms in total. The van der Waals surface area contributed by atoms with Crippen LogP contribution in [0.1, 0.15) is 22.3 Å². The third-order valence-electron chi connectivity index (χ3n) is 3.65. The average Bonchev–Trinajstić information content (AvgIpc) is 2.88. The summed E-state index contributed by atoms with van der Waals surface area (Å²) in [6.45, 7) is -0.203. The molecule has 1 aromatic rings. The highest BCUT2D eigenvalue weighted by Crippen LogP contribution is 2.31. The van der Waals surface area contributed by atoms with Gasteiger partial charge in [-0.15, -0.1) is 0 Å². The molecule has 122 valence electrons. The zero-order valence-corrected chi connectivity index (χ0v) is 11.7. The molecular weight excluding hydrogens is 306 g/mol. The quantitative estimate of drug-likeness (QED) is 0.867. The maximum atomic E-state index is 13.4. The molecule has 1 amide bonds. The number of aliphatic hydroxyl groups is 1. The van der Waals surface area contributed by atoms with E-state index in [1.807, 2.05) is 0 Å². The fourth-order valence-electron chi connectivity index (χ4n) is 2.51. The fraction of sp³-hybridized carbons (Fsp3) is 0.500. The number of halogens is 4. The Balaban J connectivity index is 2.31. The van der Waals surface area contributed by atoms with Crippen molar-refractivity contribution < 1.29 is 32.2 Å². The Labute approximate surface area is 124 Å². The van der Waals surface area contributed by atoms with Gasteiger partial charge in [-0.1, -0.05) is 0 Å². The van der Waals surface area contributed by atoms with E-state index >= 15 is 0 Å². The van der Waals surface area contributed by atoms with Crippen LogP contribution < -0.4 is 0 Å². The molecule has 1 N–H and O–H groups in total. The lowest BCUT2D eigenvalue weighted by atomic mass is 10.1. The van der Waals surface area contributed by atoms with Crippen LogP contribution in [0.25, 0.3) is 0 Å². The largest absolute Gasteiger partial charge is 0.416 e. The summed E-state index contributed by atoms with van der Waals surface area (Å²) >= 11 is 0. The Morgan fingerprint density at radius 3 is 2.64 bits per heavy atom. The zero-order valence-electron chi connectivity index (χ0n) is 11.7. The van der Waals surface area contributed by atoms with Gasteiger partial charge in [0, 0.05) is 19.2 Å². The molecule has 0 bridgehead atoms. The van der Waals surface area contributed by atoms with Gasteiger partial charge in [-0.3, -0.25) is 4.79 Å². The molecule has 22 heavy (non-hydrogen) atoms. The molecule has 1 fully saturated rings. The maximum absolute atomic E-state index is 13.4. The number of benzene rings is 1. The predicted octanol–water partition coefficient (Wildman–Crippen LogP) is 2.07. The number of amides is 1. The Morgan fingerprint density at radius 2 is 2.09 bits per heavy atom. The van der Waals surface area contributed by atoms with Crippen molar-refractivity contribution in [3.8, 4) is 0 Å². The molecule has 0 spiro atoms. The molecule has 2 rings (SSSR count). The zero-order chi connectivity index (χ0) is 16.5. The lowest BCUT2D eigenvalue weighted by molar-refractivity contribution is -0.137. The highest BCUT2D eigenvalue weighted by atomic mass is 19.4. The first-order valence-electron chi connectivity index (χ1n) is 6.58. The van der Waals surface area contributed by atoms with Gasteiger partial charge in [-0.25, -0.2) is 4.39 Å². The summed E-state index contributed by atoms with van der Waals surface area (Å²) in [5.41, 5.74) is -1.62. The van der Waals surface area contributed by atoms with Crippen molar-refractivity contribution in [3.05, 3.63) is 35.1 Å². The lowest BCUT2D eigenvalue weighted by Crippen LogP contribution is -2.38. The number of alkyl halides is 3. The van der Waals surface area contributed by atoms with E-state index < -0.39 is 35.1 Å². The summed E-state index contributed by atoms with van der Waals surface area (Å²) in [5.74, 6) is -1.90. The summed E-state index contributed by atoms with van der Waals surface area (Å²) in [5, 5.41) is 9.28. The van der Waals surface area contributed by atoms with Crippen molar-refractivity contribution in [2.24, 2.45) is 0 Å². The average molecular weight is 321 g/mol. The van der Waals surface area contributed by atoms with E-state index in [9.17, 15) is 27.5 Å². The Bertz CT molecular complexity index is 562. The first-order chi connectivity index (χ1) is 10.3. The molecule has 0 radical (unpaired) electrons. The van der Waals surface area contributed by atoms with E-state index in [1.54, 1.807) is 0 Å². The minimum atomic E-state index is -4.74. The molecule has 1 heterocycles. The fourth-order valence-corrected chi connectivity index (χ4v) is 2.51. The number of hydrogen-bond acceptors (Lipinski definition) is 3. The number of nitrogens with zero attached hydrogens (tertiary/aromatic N) is 1. The van der Waals surface area contributed by atoms with Gasteiger partial charge < -0.3 is 14.7 Å². The molecule has 1 saturated heterocycles. The Morgan fingerprint density at radius 1 is 1.41 bits per heavy atom. The van der Waals surface area contributed by atoms with Crippen molar-refractivity contribution in [1.82, 2.24) is 4.90 Å². The van der Waals surface area contributed by atoms with Crippen molar-refractivity contribution in [2.75, 3.05) is 20.3 Å². The summed E-state index contributed by atoms with van der Waals surface area (Å²) in [6, 6.07) is 1.14. The van der Waals surface area contributed by atoms with E-state index in [2.05, 4.69) is 0 Å². The third-order valence-corrected chi connectivity index (χ3v) is 3.65. The van der Waals surface area contributed by atoms with Gasteiger partial charge in [0.2, 0.25) is 0 Å². The topological polar surface area (TPSA) is 49.8 Å². The first kappa shape index (κ1) is 16.7. The van der Waals surface area contributed by atoms with Gasteiger partial charge in [0.15, 0.2) is 0 Å². The number of methoxy groups -OCH3 is 1. The lowest BCUT2D eigenvalue weighted by Gasteiger charge is -2.23. The molecule has 1 aromatic carbocycles. The molecule has 8 heteroatoms. The standard InChI is InChI=1S/C14H15F4NO3/c1-22-12-5-11(7-20)19(6-12)13(21)8-2-9(14(16,17)18)4-10(15)3-8/h2-4,11-12,20H,5-7H2,1H3/t11-,12+/m0/s1. The van der Waals surface area contributed by atoms with Crippen LogP contribution in [-0.4, -0.2) is 48.3 Å². The molecular formula is C14H15F4NO3. The van der Waals surface area contributed by atoms with Crippen molar-refractivity contribution in [2.45, 2.75) is 24.7 Å². The first-order valence-corrected chi connectivity index (χ1v) is 6.58. The highest BCUT2D eigenvalue weighted by molar-refractivity contribution is 5.95.